The van der Waals surface area contributed by atoms with Crippen LogP contribution in [0, 0.1) is 6.92 Å². The Morgan fingerprint density at radius 1 is 1.26 bits per heavy atom. The minimum absolute atomic E-state index is 0.245. The van der Waals surface area contributed by atoms with Crippen molar-refractivity contribution >= 4 is 11.6 Å². The molecule has 5 nitrogen and oxygen atoms in total. The lowest BCUT2D eigenvalue weighted by atomic mass is 10.1. The lowest BCUT2D eigenvalue weighted by Crippen LogP contribution is -2.14. The Balaban J connectivity index is 1.84. The van der Waals surface area contributed by atoms with Gasteiger partial charge in [-0.2, -0.15) is 0 Å². The van der Waals surface area contributed by atoms with Gasteiger partial charge in [0, 0.05) is 29.7 Å². The van der Waals surface area contributed by atoms with Gasteiger partial charge in [0.1, 0.15) is 0 Å². The molecule has 2 aromatic heterocycles. The highest BCUT2D eigenvalue weighted by Crippen LogP contribution is 2.23. The van der Waals surface area contributed by atoms with Crippen LogP contribution >= 0.6 is 0 Å². The molecule has 5 heteroatoms. The summed E-state index contributed by atoms with van der Waals surface area (Å²) in [7, 11) is 0. The van der Waals surface area contributed by atoms with Crippen LogP contribution in [0.1, 0.15) is 28.5 Å². The summed E-state index contributed by atoms with van der Waals surface area (Å²) in [5, 5.41) is 6.79. The number of hydrogen-bond donors (Lipinski definition) is 1. The van der Waals surface area contributed by atoms with E-state index in [2.05, 4.69) is 22.4 Å². The third kappa shape index (κ3) is 3.13. The molecule has 0 spiro atoms. The van der Waals surface area contributed by atoms with Crippen molar-refractivity contribution in [2.75, 3.05) is 5.32 Å². The fourth-order valence-electron chi connectivity index (χ4n) is 2.41. The second-order valence-electron chi connectivity index (χ2n) is 5.23. The molecule has 0 aliphatic rings. The monoisotopic (exact) mass is 307 g/mol. The van der Waals surface area contributed by atoms with E-state index in [9.17, 15) is 4.79 Å². The zero-order valence-corrected chi connectivity index (χ0v) is 13.0. The Labute approximate surface area is 134 Å². The van der Waals surface area contributed by atoms with Crippen molar-refractivity contribution in [3.63, 3.8) is 0 Å². The molecule has 116 valence electrons. The number of benzene rings is 1. The highest BCUT2D eigenvalue weighted by atomic mass is 16.5. The van der Waals surface area contributed by atoms with E-state index in [4.69, 9.17) is 4.52 Å². The summed E-state index contributed by atoms with van der Waals surface area (Å²) < 4.78 is 5.25. The Morgan fingerprint density at radius 3 is 2.87 bits per heavy atom. The van der Waals surface area contributed by atoms with Gasteiger partial charge in [0.15, 0.2) is 11.5 Å². The first kappa shape index (κ1) is 15.0. The number of rotatable bonds is 4. The van der Waals surface area contributed by atoms with Crippen LogP contribution in [-0.2, 0) is 6.42 Å². The molecule has 0 atom stereocenters. The van der Waals surface area contributed by atoms with Gasteiger partial charge in [-0.05, 0) is 36.6 Å². The van der Waals surface area contributed by atoms with Gasteiger partial charge in [0.2, 0.25) is 0 Å². The third-order valence-corrected chi connectivity index (χ3v) is 3.67. The van der Waals surface area contributed by atoms with Crippen LogP contribution in [0.3, 0.4) is 0 Å². The molecule has 23 heavy (non-hydrogen) atoms. The highest BCUT2D eigenvalue weighted by Gasteiger charge is 2.16. The average Bonchev–Trinajstić information content (AvgIpc) is 3.07. The maximum atomic E-state index is 12.4. The van der Waals surface area contributed by atoms with Crippen molar-refractivity contribution < 1.29 is 9.32 Å². The lowest BCUT2D eigenvalue weighted by Gasteiger charge is -2.11. The number of hydrogen-bond acceptors (Lipinski definition) is 4. The van der Waals surface area contributed by atoms with Gasteiger partial charge < -0.3 is 9.84 Å². The van der Waals surface area contributed by atoms with E-state index in [-0.39, 0.29) is 11.6 Å². The smallest absolute Gasteiger partial charge is 0.277 e. The molecule has 0 aliphatic carbocycles. The Morgan fingerprint density at radius 2 is 2.13 bits per heavy atom. The van der Waals surface area contributed by atoms with Crippen LogP contribution < -0.4 is 5.32 Å². The second-order valence-corrected chi connectivity index (χ2v) is 5.23. The number of aromatic nitrogens is 2. The number of nitrogens with one attached hydrogen (secondary N) is 1. The van der Waals surface area contributed by atoms with E-state index in [1.807, 2.05) is 31.2 Å². The van der Waals surface area contributed by atoms with Crippen LogP contribution in [-0.4, -0.2) is 16.0 Å². The maximum absolute atomic E-state index is 12.4. The van der Waals surface area contributed by atoms with Crippen LogP contribution in [0.4, 0.5) is 5.69 Å². The van der Waals surface area contributed by atoms with Gasteiger partial charge in [0.05, 0.1) is 0 Å². The van der Waals surface area contributed by atoms with Gasteiger partial charge in [-0.3, -0.25) is 9.78 Å². The minimum Gasteiger partial charge on any atom is -0.355 e. The van der Waals surface area contributed by atoms with Crippen LogP contribution in [0.5, 0.6) is 0 Å². The van der Waals surface area contributed by atoms with E-state index in [1.54, 1.807) is 24.5 Å². The molecular formula is C18H17N3O2. The summed E-state index contributed by atoms with van der Waals surface area (Å²) in [5.41, 5.74) is 3.98. The number of amides is 1. The molecule has 1 N–H and O–H groups in total. The summed E-state index contributed by atoms with van der Waals surface area (Å²) in [6.45, 7) is 4.03. The molecule has 3 rings (SSSR count). The van der Waals surface area contributed by atoms with Crippen LogP contribution in [0.2, 0.25) is 0 Å². The summed E-state index contributed by atoms with van der Waals surface area (Å²) in [6, 6.07) is 11.2. The van der Waals surface area contributed by atoms with Gasteiger partial charge >= 0.3 is 0 Å². The maximum Gasteiger partial charge on any atom is 0.277 e. The van der Waals surface area contributed by atoms with Crippen molar-refractivity contribution in [1.82, 2.24) is 10.1 Å². The molecule has 1 aromatic carbocycles. The summed E-state index contributed by atoms with van der Waals surface area (Å²) >= 11 is 0. The first-order valence-corrected chi connectivity index (χ1v) is 7.46. The zero-order valence-electron chi connectivity index (χ0n) is 13.0. The SMILES string of the molecule is CCc1cccc(C)c1NC(=O)c1cc(-c2cccnc2)on1. The number of para-hydroxylation sites is 1. The van der Waals surface area contributed by atoms with E-state index in [1.165, 1.54) is 0 Å². The minimum atomic E-state index is -0.284. The molecule has 0 radical (unpaired) electrons. The van der Waals surface area contributed by atoms with Crippen LogP contribution in [0.15, 0.2) is 53.3 Å². The molecule has 0 bridgehead atoms. The van der Waals surface area contributed by atoms with Gasteiger partial charge in [-0.15, -0.1) is 0 Å². The fraction of sp³-hybridized carbons (Fsp3) is 0.167. The normalized spacial score (nSPS) is 10.5. The fourth-order valence-corrected chi connectivity index (χ4v) is 2.41. The van der Waals surface area contributed by atoms with Gasteiger partial charge in [-0.1, -0.05) is 30.3 Å². The molecule has 3 aromatic rings. The van der Waals surface area contributed by atoms with E-state index >= 15 is 0 Å². The number of anilines is 1. The molecular weight excluding hydrogens is 290 g/mol. The third-order valence-electron chi connectivity index (χ3n) is 3.67. The van der Waals surface area contributed by atoms with Crippen molar-refractivity contribution in [1.29, 1.82) is 0 Å². The van der Waals surface area contributed by atoms with Crippen LogP contribution in [0.25, 0.3) is 11.3 Å². The molecule has 0 fully saturated rings. The standard InChI is InChI=1S/C18H17N3O2/c1-3-13-7-4-6-12(2)17(13)20-18(22)15-10-16(23-21-15)14-8-5-9-19-11-14/h4-11H,3H2,1-2H3,(H,20,22). The lowest BCUT2D eigenvalue weighted by molar-refractivity contribution is 0.101. The van der Waals surface area contributed by atoms with Gasteiger partial charge in [-0.25, -0.2) is 0 Å². The zero-order chi connectivity index (χ0) is 16.2. The number of nitrogens with zero attached hydrogens (tertiary/aromatic N) is 2. The number of carbonyl (C=O) groups excluding carboxylic acids is 1. The van der Waals surface area contributed by atoms with E-state index in [0.717, 1.165) is 28.8 Å². The summed E-state index contributed by atoms with van der Waals surface area (Å²) in [6.07, 6.45) is 4.19. The van der Waals surface area contributed by atoms with Crippen molar-refractivity contribution in [2.24, 2.45) is 0 Å². The van der Waals surface area contributed by atoms with Crippen molar-refractivity contribution in [3.8, 4) is 11.3 Å². The molecule has 0 saturated carbocycles. The average molecular weight is 307 g/mol. The Kier molecular flexibility index (Phi) is 4.19. The van der Waals surface area contributed by atoms with Gasteiger partial charge in [0.25, 0.3) is 5.91 Å². The van der Waals surface area contributed by atoms with E-state index in [0.29, 0.717) is 5.76 Å². The highest BCUT2D eigenvalue weighted by molar-refractivity contribution is 6.04. The quantitative estimate of drug-likeness (QED) is 0.794. The predicted molar refractivity (Wildman–Crippen MR) is 88.2 cm³/mol. The molecule has 2 heterocycles. The molecule has 0 saturated heterocycles. The number of pyridine rings is 1. The van der Waals surface area contributed by atoms with E-state index < -0.39 is 0 Å². The number of carbonyl (C=O) groups is 1. The number of aryl methyl sites for hydroxylation is 2. The topological polar surface area (TPSA) is 68.0 Å². The first-order valence-electron chi connectivity index (χ1n) is 7.46. The molecule has 1 amide bonds. The molecule has 0 unspecified atom stereocenters. The second kappa shape index (κ2) is 6.44. The Bertz CT molecular complexity index is 825. The summed E-state index contributed by atoms with van der Waals surface area (Å²) in [5.74, 6) is 0.233. The van der Waals surface area contributed by atoms with Crippen molar-refractivity contribution in [3.05, 3.63) is 65.6 Å². The largest absolute Gasteiger partial charge is 0.355 e. The summed E-state index contributed by atoms with van der Waals surface area (Å²) in [4.78, 5) is 16.5. The Hall–Kier alpha value is -2.95. The first-order chi connectivity index (χ1) is 11.2. The molecule has 0 aliphatic heterocycles. The predicted octanol–water partition coefficient (Wildman–Crippen LogP) is 3.86. The van der Waals surface area contributed by atoms with Crippen molar-refractivity contribution in [2.45, 2.75) is 20.3 Å².